The van der Waals surface area contributed by atoms with E-state index in [0.717, 1.165) is 16.1 Å². The molecule has 3 rings (SSSR count). The van der Waals surface area contributed by atoms with Gasteiger partial charge < -0.3 is 5.73 Å². The summed E-state index contributed by atoms with van der Waals surface area (Å²) in [5.41, 5.74) is 8.24. The molecule has 3 N–H and O–H groups in total. The number of halogens is 2. The van der Waals surface area contributed by atoms with E-state index < -0.39 is 0 Å². The number of nitrogens with one attached hydrogen (secondary N) is 1. The van der Waals surface area contributed by atoms with Gasteiger partial charge in [-0.2, -0.15) is 5.10 Å². The molecule has 0 fully saturated rings. The Bertz CT molecular complexity index is 772. The van der Waals surface area contributed by atoms with E-state index in [9.17, 15) is 0 Å². The SMILES string of the molecule is Nc1n[nH]c2ccc(SCc3cc(Cl)ccc3Cl)nc12. The molecule has 1 aromatic carbocycles. The van der Waals surface area contributed by atoms with Crippen LogP contribution in [0, 0.1) is 0 Å². The average Bonchev–Trinajstić information content (AvgIpc) is 2.81. The summed E-state index contributed by atoms with van der Waals surface area (Å²) in [5.74, 6) is 1.10. The molecule has 0 aliphatic heterocycles. The second kappa shape index (κ2) is 5.52. The minimum atomic E-state index is 0.406. The Balaban J connectivity index is 1.82. The number of H-pyrrole nitrogens is 1. The summed E-state index contributed by atoms with van der Waals surface area (Å²) in [6.45, 7) is 0. The van der Waals surface area contributed by atoms with Gasteiger partial charge >= 0.3 is 0 Å². The number of nitrogen functional groups attached to an aromatic ring is 1. The van der Waals surface area contributed by atoms with Crippen molar-refractivity contribution in [2.75, 3.05) is 5.73 Å². The Morgan fingerprint density at radius 2 is 2.05 bits per heavy atom. The van der Waals surface area contributed by atoms with Gasteiger partial charge in [-0.15, -0.1) is 11.8 Å². The van der Waals surface area contributed by atoms with Gasteiger partial charge in [-0.1, -0.05) is 23.2 Å². The van der Waals surface area contributed by atoms with Crippen LogP contribution in [-0.2, 0) is 5.75 Å². The van der Waals surface area contributed by atoms with Crippen LogP contribution in [0.4, 0.5) is 5.82 Å². The summed E-state index contributed by atoms with van der Waals surface area (Å²) in [6, 6.07) is 9.26. The third-order valence-corrected chi connectivity index (χ3v) is 4.37. The highest BCUT2D eigenvalue weighted by Gasteiger charge is 2.07. The van der Waals surface area contributed by atoms with E-state index in [0.29, 0.717) is 27.1 Å². The van der Waals surface area contributed by atoms with Crippen LogP contribution in [0.25, 0.3) is 11.0 Å². The van der Waals surface area contributed by atoms with E-state index in [-0.39, 0.29) is 0 Å². The minimum Gasteiger partial charge on any atom is -0.380 e. The molecule has 0 bridgehead atoms. The summed E-state index contributed by atoms with van der Waals surface area (Å²) in [5, 5.41) is 8.98. The summed E-state index contributed by atoms with van der Waals surface area (Å²) in [4.78, 5) is 4.47. The lowest BCUT2D eigenvalue weighted by Gasteiger charge is -2.04. The molecule has 2 aromatic heterocycles. The summed E-state index contributed by atoms with van der Waals surface area (Å²) < 4.78 is 0. The normalized spacial score (nSPS) is 11.1. The van der Waals surface area contributed by atoms with Gasteiger partial charge in [0.25, 0.3) is 0 Å². The van der Waals surface area contributed by atoms with Crippen molar-refractivity contribution in [1.29, 1.82) is 0 Å². The minimum absolute atomic E-state index is 0.406. The summed E-state index contributed by atoms with van der Waals surface area (Å²) in [7, 11) is 0. The number of nitrogens with two attached hydrogens (primary N) is 1. The molecular weight excluding hydrogens is 315 g/mol. The van der Waals surface area contributed by atoms with Crippen molar-refractivity contribution < 1.29 is 0 Å². The molecule has 0 saturated carbocycles. The maximum Gasteiger partial charge on any atom is 0.171 e. The van der Waals surface area contributed by atoms with Crippen LogP contribution in [0.5, 0.6) is 0 Å². The molecule has 7 heteroatoms. The number of pyridine rings is 1. The van der Waals surface area contributed by atoms with Gasteiger partial charge in [-0.3, -0.25) is 5.10 Å². The van der Waals surface area contributed by atoms with E-state index in [2.05, 4.69) is 15.2 Å². The van der Waals surface area contributed by atoms with Gasteiger partial charge in [0, 0.05) is 15.8 Å². The third-order valence-electron chi connectivity index (χ3n) is 2.79. The van der Waals surface area contributed by atoms with E-state index in [1.165, 1.54) is 0 Å². The molecule has 4 nitrogen and oxygen atoms in total. The zero-order chi connectivity index (χ0) is 14.1. The van der Waals surface area contributed by atoms with Crippen molar-refractivity contribution in [3.8, 4) is 0 Å². The second-order valence-electron chi connectivity index (χ2n) is 4.18. The molecule has 3 aromatic rings. The summed E-state index contributed by atoms with van der Waals surface area (Å²) >= 11 is 13.7. The van der Waals surface area contributed by atoms with Crippen LogP contribution in [-0.4, -0.2) is 15.2 Å². The van der Waals surface area contributed by atoms with E-state index in [4.69, 9.17) is 28.9 Å². The first-order chi connectivity index (χ1) is 9.63. The molecule has 0 aliphatic rings. The van der Waals surface area contributed by atoms with Gasteiger partial charge in [0.1, 0.15) is 5.52 Å². The van der Waals surface area contributed by atoms with Gasteiger partial charge in [0.05, 0.1) is 10.5 Å². The number of rotatable bonds is 3. The average molecular weight is 325 g/mol. The number of aromatic amines is 1. The van der Waals surface area contributed by atoms with E-state index in [1.807, 2.05) is 18.2 Å². The molecule has 0 unspecified atom stereocenters. The fourth-order valence-electron chi connectivity index (χ4n) is 1.79. The quantitative estimate of drug-likeness (QED) is 0.710. The summed E-state index contributed by atoms with van der Waals surface area (Å²) in [6.07, 6.45) is 0. The number of anilines is 1. The van der Waals surface area contributed by atoms with Crippen molar-refractivity contribution in [1.82, 2.24) is 15.2 Å². The highest BCUT2D eigenvalue weighted by atomic mass is 35.5. The number of hydrogen-bond acceptors (Lipinski definition) is 4. The maximum absolute atomic E-state index is 6.14. The molecule has 0 aliphatic carbocycles. The largest absolute Gasteiger partial charge is 0.380 e. The molecule has 0 radical (unpaired) electrons. The Kier molecular flexibility index (Phi) is 3.74. The Hall–Kier alpha value is -1.43. The van der Waals surface area contributed by atoms with Crippen molar-refractivity contribution >= 4 is 51.8 Å². The van der Waals surface area contributed by atoms with Gasteiger partial charge in [0.2, 0.25) is 0 Å². The van der Waals surface area contributed by atoms with Crippen molar-refractivity contribution in [3.05, 3.63) is 45.9 Å². The first kappa shape index (κ1) is 13.5. The number of thioether (sulfide) groups is 1. The highest BCUT2D eigenvalue weighted by molar-refractivity contribution is 7.98. The fraction of sp³-hybridized carbons (Fsp3) is 0.0769. The van der Waals surface area contributed by atoms with Crippen LogP contribution in [0.3, 0.4) is 0 Å². The number of aromatic nitrogens is 3. The van der Waals surface area contributed by atoms with Gasteiger partial charge in [0.15, 0.2) is 5.82 Å². The fourth-order valence-corrected chi connectivity index (χ4v) is 3.11. The molecular formula is C13H10Cl2N4S. The monoisotopic (exact) mass is 324 g/mol. The predicted molar refractivity (Wildman–Crippen MR) is 84.3 cm³/mol. The maximum atomic E-state index is 6.14. The van der Waals surface area contributed by atoms with Crippen molar-refractivity contribution in [2.45, 2.75) is 10.8 Å². The van der Waals surface area contributed by atoms with Gasteiger partial charge in [-0.05, 0) is 35.9 Å². The first-order valence-electron chi connectivity index (χ1n) is 5.81. The van der Waals surface area contributed by atoms with Crippen LogP contribution >= 0.6 is 35.0 Å². The molecule has 2 heterocycles. The lowest BCUT2D eigenvalue weighted by Crippen LogP contribution is -1.88. The molecule has 0 saturated heterocycles. The number of fused-ring (bicyclic) bond motifs is 1. The van der Waals surface area contributed by atoms with Crippen LogP contribution < -0.4 is 5.73 Å². The van der Waals surface area contributed by atoms with Crippen LogP contribution in [0.1, 0.15) is 5.56 Å². The van der Waals surface area contributed by atoms with E-state index in [1.54, 1.807) is 23.9 Å². The molecule has 0 spiro atoms. The Morgan fingerprint density at radius 1 is 1.20 bits per heavy atom. The number of hydrogen-bond donors (Lipinski definition) is 2. The lowest BCUT2D eigenvalue weighted by molar-refractivity contribution is 1.13. The predicted octanol–water partition coefficient (Wildman–Crippen LogP) is 4.14. The standard InChI is InChI=1S/C13H10Cl2N4S/c14-8-1-2-9(15)7(5-8)6-20-11-4-3-10-12(17-11)13(16)19-18-10/h1-5H,6H2,(H3,16,18,19). The van der Waals surface area contributed by atoms with Crippen LogP contribution in [0.2, 0.25) is 10.0 Å². The topological polar surface area (TPSA) is 67.6 Å². The number of nitrogens with zero attached hydrogens (tertiary/aromatic N) is 2. The zero-order valence-corrected chi connectivity index (χ0v) is 12.6. The highest BCUT2D eigenvalue weighted by Crippen LogP contribution is 2.29. The zero-order valence-electron chi connectivity index (χ0n) is 10.2. The molecule has 0 atom stereocenters. The molecule has 0 amide bonds. The molecule has 102 valence electrons. The smallest absolute Gasteiger partial charge is 0.171 e. The Morgan fingerprint density at radius 3 is 2.90 bits per heavy atom. The first-order valence-corrected chi connectivity index (χ1v) is 7.55. The third kappa shape index (κ3) is 2.70. The molecule has 20 heavy (non-hydrogen) atoms. The van der Waals surface area contributed by atoms with Gasteiger partial charge in [-0.25, -0.2) is 4.98 Å². The second-order valence-corrected chi connectivity index (χ2v) is 6.02. The lowest BCUT2D eigenvalue weighted by atomic mass is 10.2. The number of benzene rings is 1. The van der Waals surface area contributed by atoms with E-state index >= 15 is 0 Å². The van der Waals surface area contributed by atoms with Crippen LogP contribution in [0.15, 0.2) is 35.4 Å². The van der Waals surface area contributed by atoms with Crippen molar-refractivity contribution in [3.63, 3.8) is 0 Å². The Labute approximate surface area is 129 Å². The van der Waals surface area contributed by atoms with Crippen molar-refractivity contribution in [2.24, 2.45) is 0 Å².